The normalized spacial score (nSPS) is 22.0. The Labute approximate surface area is 182 Å². The van der Waals surface area contributed by atoms with Gasteiger partial charge in [-0.25, -0.2) is 0 Å². The van der Waals surface area contributed by atoms with Crippen molar-refractivity contribution in [3.05, 3.63) is 52.6 Å². The zero-order valence-electron chi connectivity index (χ0n) is 18.3. The lowest BCUT2D eigenvalue weighted by Gasteiger charge is -2.42. The third-order valence-corrected chi connectivity index (χ3v) is 7.75. The number of carbonyl (C=O) groups is 2. The molecule has 1 atom stereocenters. The second-order valence-corrected chi connectivity index (χ2v) is 11.1. The van der Waals surface area contributed by atoms with Gasteiger partial charge in [-0.3, -0.25) is 14.9 Å². The fraction of sp³-hybridized carbons (Fsp3) is 0.440. The average molecular weight is 424 g/mol. The molecule has 2 amide bonds. The van der Waals surface area contributed by atoms with Crippen molar-refractivity contribution in [2.75, 3.05) is 0 Å². The van der Waals surface area contributed by atoms with Gasteiger partial charge in [0.05, 0.1) is 5.25 Å². The van der Waals surface area contributed by atoms with Gasteiger partial charge in [0.2, 0.25) is 5.91 Å². The summed E-state index contributed by atoms with van der Waals surface area (Å²) in [6.45, 7) is 11.3. The Kier molecular flexibility index (Phi) is 5.00. The van der Waals surface area contributed by atoms with Crippen molar-refractivity contribution in [3.8, 4) is 16.9 Å². The van der Waals surface area contributed by atoms with Crippen LogP contribution in [-0.4, -0.2) is 21.5 Å². The van der Waals surface area contributed by atoms with E-state index in [0.717, 1.165) is 46.9 Å². The van der Waals surface area contributed by atoms with Gasteiger partial charge in [0.25, 0.3) is 5.24 Å². The summed E-state index contributed by atoms with van der Waals surface area (Å²) >= 11 is 1.02. The number of carbonyl (C=O) groups excluding carboxylic acids is 2. The molecule has 1 heterocycles. The van der Waals surface area contributed by atoms with E-state index in [0.29, 0.717) is 6.42 Å². The molecule has 0 radical (unpaired) electrons. The smallest absolute Gasteiger partial charge is 0.286 e. The molecule has 30 heavy (non-hydrogen) atoms. The number of thioether (sulfide) groups is 1. The maximum Gasteiger partial charge on any atom is 0.286 e. The number of nitrogens with one attached hydrogen (secondary N) is 1. The molecule has 1 fully saturated rings. The van der Waals surface area contributed by atoms with Crippen LogP contribution in [0.5, 0.6) is 5.75 Å². The van der Waals surface area contributed by atoms with Crippen LogP contribution in [0.25, 0.3) is 11.1 Å². The van der Waals surface area contributed by atoms with E-state index in [1.165, 1.54) is 11.1 Å². The molecule has 1 saturated heterocycles. The van der Waals surface area contributed by atoms with Crippen LogP contribution in [0.2, 0.25) is 0 Å². The Morgan fingerprint density at radius 2 is 1.70 bits per heavy atom. The van der Waals surface area contributed by atoms with Crippen molar-refractivity contribution in [1.29, 1.82) is 0 Å². The number of amides is 2. The molecule has 0 bridgehead atoms. The molecule has 2 aliphatic rings. The molecule has 0 aromatic heterocycles. The Morgan fingerprint density at radius 1 is 1.07 bits per heavy atom. The zero-order chi connectivity index (χ0) is 21.8. The quantitative estimate of drug-likeness (QED) is 0.673. The van der Waals surface area contributed by atoms with Crippen LogP contribution < -0.4 is 5.32 Å². The van der Waals surface area contributed by atoms with E-state index < -0.39 is 5.25 Å². The number of hydrogen-bond donors (Lipinski definition) is 2. The lowest BCUT2D eigenvalue weighted by atomic mass is 9.62. The van der Waals surface area contributed by atoms with Crippen LogP contribution in [0.4, 0.5) is 4.79 Å². The summed E-state index contributed by atoms with van der Waals surface area (Å²) < 4.78 is 0. The molecule has 0 spiro atoms. The number of phenolic OH excluding ortho intramolecular Hbond substituents is 1. The van der Waals surface area contributed by atoms with Crippen molar-refractivity contribution in [3.63, 3.8) is 0 Å². The lowest BCUT2D eigenvalue weighted by molar-refractivity contribution is -0.118. The van der Waals surface area contributed by atoms with Crippen LogP contribution in [0.1, 0.15) is 62.8 Å². The minimum atomic E-state index is -0.466. The van der Waals surface area contributed by atoms with E-state index in [2.05, 4.69) is 52.1 Å². The van der Waals surface area contributed by atoms with Crippen LogP contribution in [0.3, 0.4) is 0 Å². The summed E-state index contributed by atoms with van der Waals surface area (Å²) in [5.74, 6) is -0.0532. The van der Waals surface area contributed by atoms with E-state index in [9.17, 15) is 14.7 Å². The molecular formula is C25H29NO3S. The van der Waals surface area contributed by atoms with E-state index >= 15 is 0 Å². The number of phenols is 1. The maximum atomic E-state index is 12.1. The molecule has 1 aliphatic carbocycles. The fourth-order valence-electron chi connectivity index (χ4n) is 4.79. The second kappa shape index (κ2) is 7.16. The van der Waals surface area contributed by atoms with Gasteiger partial charge in [0, 0.05) is 5.56 Å². The van der Waals surface area contributed by atoms with Crippen LogP contribution >= 0.6 is 11.8 Å². The highest BCUT2D eigenvalue weighted by atomic mass is 32.2. The minimum absolute atomic E-state index is 0.0610. The molecule has 158 valence electrons. The molecule has 2 N–H and O–H groups in total. The third-order valence-electron chi connectivity index (χ3n) is 6.77. The van der Waals surface area contributed by atoms with Crippen molar-refractivity contribution in [2.24, 2.45) is 0 Å². The Balaban J connectivity index is 1.86. The Morgan fingerprint density at radius 3 is 2.30 bits per heavy atom. The number of benzene rings is 2. The highest BCUT2D eigenvalue weighted by molar-refractivity contribution is 8.15. The van der Waals surface area contributed by atoms with Gasteiger partial charge < -0.3 is 5.11 Å². The summed E-state index contributed by atoms with van der Waals surface area (Å²) in [4.78, 5) is 23.7. The van der Waals surface area contributed by atoms with Gasteiger partial charge >= 0.3 is 0 Å². The maximum absolute atomic E-state index is 12.1. The first-order valence-electron chi connectivity index (χ1n) is 10.5. The molecule has 0 saturated carbocycles. The van der Waals surface area contributed by atoms with Gasteiger partial charge in [0.15, 0.2) is 0 Å². The SMILES string of the molecule is Cc1cc2c(cc1-c1c(O)cccc1CC1SC(=O)NC1=O)C(C)(C)CCC2(C)C. The topological polar surface area (TPSA) is 66.4 Å². The monoisotopic (exact) mass is 423 g/mol. The van der Waals surface area contributed by atoms with Crippen molar-refractivity contribution in [2.45, 2.75) is 70.0 Å². The number of fused-ring (bicyclic) bond motifs is 1. The number of aromatic hydroxyl groups is 1. The summed E-state index contributed by atoms with van der Waals surface area (Å²) in [5.41, 5.74) is 6.66. The van der Waals surface area contributed by atoms with Gasteiger partial charge in [-0.1, -0.05) is 57.7 Å². The highest BCUT2D eigenvalue weighted by Gasteiger charge is 2.38. The van der Waals surface area contributed by atoms with Crippen LogP contribution in [-0.2, 0) is 22.0 Å². The highest BCUT2D eigenvalue weighted by Crippen LogP contribution is 2.48. The first kappa shape index (κ1) is 21.0. The second-order valence-electron chi connectivity index (χ2n) is 9.88. The van der Waals surface area contributed by atoms with Gasteiger partial charge in [-0.05, 0) is 77.0 Å². The van der Waals surface area contributed by atoms with E-state index in [1.54, 1.807) is 12.1 Å². The molecule has 4 nitrogen and oxygen atoms in total. The molecular weight excluding hydrogens is 394 g/mol. The number of rotatable bonds is 3. The van der Waals surface area contributed by atoms with Gasteiger partial charge in [-0.2, -0.15) is 0 Å². The Hall–Kier alpha value is -2.27. The first-order chi connectivity index (χ1) is 14.0. The molecule has 1 aliphatic heterocycles. The summed E-state index contributed by atoms with van der Waals surface area (Å²) in [6, 6.07) is 9.97. The number of hydrogen-bond acceptors (Lipinski definition) is 4. The average Bonchev–Trinajstić information content (AvgIpc) is 2.97. The van der Waals surface area contributed by atoms with Crippen molar-refractivity contribution in [1.82, 2.24) is 5.32 Å². The number of imide groups is 1. The molecule has 2 aromatic rings. The van der Waals surface area contributed by atoms with Crippen molar-refractivity contribution < 1.29 is 14.7 Å². The summed E-state index contributed by atoms with van der Waals surface area (Å²) in [7, 11) is 0. The fourth-order valence-corrected chi connectivity index (χ4v) is 5.63. The molecule has 4 rings (SSSR count). The standard InChI is InChI=1S/C25H29NO3S/c1-14-11-17-18(25(4,5)10-9-24(17,2)3)13-16(14)21-15(7-6-8-19(21)27)12-20-22(28)26-23(29)30-20/h6-8,11,13,20,27H,9-10,12H2,1-5H3,(H,26,28,29). The predicted octanol–water partition coefficient (Wildman–Crippen LogP) is 5.61. The van der Waals surface area contributed by atoms with Crippen LogP contribution in [0, 0.1) is 6.92 Å². The van der Waals surface area contributed by atoms with E-state index in [-0.39, 0.29) is 27.7 Å². The predicted molar refractivity (Wildman–Crippen MR) is 122 cm³/mol. The summed E-state index contributed by atoms with van der Waals surface area (Å²) in [6.07, 6.45) is 2.66. The van der Waals surface area contributed by atoms with Crippen LogP contribution in [0.15, 0.2) is 30.3 Å². The summed E-state index contributed by atoms with van der Waals surface area (Å²) in [5, 5.41) is 12.4. The minimum Gasteiger partial charge on any atom is -0.507 e. The number of aryl methyl sites for hydroxylation is 1. The van der Waals surface area contributed by atoms with E-state index in [4.69, 9.17) is 0 Å². The molecule has 1 unspecified atom stereocenters. The van der Waals surface area contributed by atoms with Crippen molar-refractivity contribution >= 4 is 22.9 Å². The first-order valence-corrected chi connectivity index (χ1v) is 11.4. The zero-order valence-corrected chi connectivity index (χ0v) is 19.1. The van der Waals surface area contributed by atoms with Gasteiger partial charge in [0.1, 0.15) is 5.75 Å². The van der Waals surface area contributed by atoms with E-state index in [1.807, 2.05) is 6.07 Å². The van der Waals surface area contributed by atoms with Gasteiger partial charge in [-0.15, -0.1) is 0 Å². The Bertz CT molecular complexity index is 1050. The third kappa shape index (κ3) is 3.53. The lowest BCUT2D eigenvalue weighted by Crippen LogP contribution is -2.34. The molecule has 5 heteroatoms. The molecule has 2 aromatic carbocycles. The largest absolute Gasteiger partial charge is 0.507 e.